The number of esters is 1. The summed E-state index contributed by atoms with van der Waals surface area (Å²) in [5.41, 5.74) is 0.142. The summed E-state index contributed by atoms with van der Waals surface area (Å²) in [4.78, 5) is 12.0. The first kappa shape index (κ1) is 15.9. The number of carbonyl (C=O) groups excluding carboxylic acids is 1. The van der Waals surface area contributed by atoms with Gasteiger partial charge in [0.2, 0.25) is 0 Å². The Bertz CT molecular complexity index is 417. The number of rotatable bonds is 6. The summed E-state index contributed by atoms with van der Waals surface area (Å²) in [6, 6.07) is 3.47. The third-order valence-corrected chi connectivity index (χ3v) is 2.87. The number of halogens is 2. The minimum absolute atomic E-state index is 0.142. The van der Waals surface area contributed by atoms with E-state index in [1.807, 2.05) is 13.8 Å². The monoisotopic (exact) mass is 287 g/mol. The van der Waals surface area contributed by atoms with E-state index in [0.717, 1.165) is 0 Å². The van der Waals surface area contributed by atoms with Crippen molar-refractivity contribution in [1.29, 1.82) is 0 Å². The number of ether oxygens (including phenoxy) is 1. The second kappa shape index (κ2) is 7.46. The maximum Gasteiger partial charge on any atom is 0.327 e. The Hall–Kier alpha value is -1.13. The Morgan fingerprint density at radius 3 is 2.68 bits per heavy atom. The van der Waals surface area contributed by atoms with E-state index in [1.165, 1.54) is 12.1 Å². The van der Waals surface area contributed by atoms with Crippen molar-refractivity contribution in [2.45, 2.75) is 26.8 Å². The first-order valence-electron chi connectivity index (χ1n) is 6.31. The lowest BCUT2D eigenvalue weighted by atomic mass is 10.1. The van der Waals surface area contributed by atoms with Crippen LogP contribution in [-0.4, -0.2) is 19.1 Å². The topological polar surface area (TPSA) is 38.3 Å². The molecule has 19 heavy (non-hydrogen) atoms. The number of hydrogen-bond acceptors (Lipinski definition) is 3. The van der Waals surface area contributed by atoms with Gasteiger partial charge < -0.3 is 10.1 Å². The largest absolute Gasteiger partial charge is 0.465 e. The molecule has 3 nitrogen and oxygen atoms in total. The smallest absolute Gasteiger partial charge is 0.327 e. The summed E-state index contributed by atoms with van der Waals surface area (Å²) in [6.07, 6.45) is 0. The Balaban J connectivity index is 3.04. The van der Waals surface area contributed by atoms with E-state index in [0.29, 0.717) is 12.5 Å². The van der Waals surface area contributed by atoms with Gasteiger partial charge in [0.15, 0.2) is 0 Å². The first-order chi connectivity index (χ1) is 8.97. The quantitative estimate of drug-likeness (QED) is 0.816. The van der Waals surface area contributed by atoms with Crippen LogP contribution in [0, 0.1) is 11.7 Å². The Kier molecular flexibility index (Phi) is 6.25. The molecule has 0 fully saturated rings. The lowest BCUT2D eigenvalue weighted by molar-refractivity contribution is -0.146. The first-order valence-corrected chi connectivity index (χ1v) is 6.69. The molecule has 1 atom stereocenters. The maximum absolute atomic E-state index is 13.9. The molecule has 0 aliphatic carbocycles. The molecule has 0 bridgehead atoms. The molecule has 0 heterocycles. The van der Waals surface area contributed by atoms with E-state index in [2.05, 4.69) is 5.32 Å². The van der Waals surface area contributed by atoms with Crippen LogP contribution in [0.25, 0.3) is 0 Å². The lowest BCUT2D eigenvalue weighted by Gasteiger charge is -2.20. The third kappa shape index (κ3) is 4.48. The van der Waals surface area contributed by atoms with Gasteiger partial charge >= 0.3 is 5.97 Å². The second-order valence-electron chi connectivity index (χ2n) is 4.62. The second-order valence-corrected chi connectivity index (χ2v) is 5.03. The van der Waals surface area contributed by atoms with Crippen LogP contribution in [0.1, 0.15) is 32.4 Å². The molecule has 0 saturated carbocycles. The highest BCUT2D eigenvalue weighted by molar-refractivity contribution is 6.31. The van der Waals surface area contributed by atoms with Crippen molar-refractivity contribution in [3.8, 4) is 0 Å². The maximum atomic E-state index is 13.9. The van der Waals surface area contributed by atoms with Crippen molar-refractivity contribution in [3.63, 3.8) is 0 Å². The van der Waals surface area contributed by atoms with Crippen molar-refractivity contribution in [2.24, 2.45) is 5.92 Å². The van der Waals surface area contributed by atoms with Crippen molar-refractivity contribution >= 4 is 17.6 Å². The molecule has 1 aromatic rings. The van der Waals surface area contributed by atoms with E-state index >= 15 is 0 Å². The zero-order valence-electron chi connectivity index (χ0n) is 11.4. The molecular formula is C14H19ClFNO2. The number of carbonyl (C=O) groups is 1. The predicted octanol–water partition coefficient (Wildman–Crippen LogP) is 3.33. The molecule has 0 aromatic heterocycles. The van der Waals surface area contributed by atoms with Crippen molar-refractivity contribution in [1.82, 2.24) is 5.32 Å². The highest BCUT2D eigenvalue weighted by Crippen LogP contribution is 2.27. The number of nitrogens with one attached hydrogen (secondary N) is 1. The van der Waals surface area contributed by atoms with E-state index in [-0.39, 0.29) is 17.2 Å². The Morgan fingerprint density at radius 2 is 2.16 bits per heavy atom. The van der Waals surface area contributed by atoms with E-state index in [1.54, 1.807) is 13.0 Å². The van der Waals surface area contributed by atoms with Gasteiger partial charge in [-0.2, -0.15) is 0 Å². The SMILES string of the molecule is CCOC(=O)C(NCC(C)C)c1c(F)cccc1Cl. The predicted molar refractivity (Wildman–Crippen MR) is 73.6 cm³/mol. The van der Waals surface area contributed by atoms with E-state index in [4.69, 9.17) is 16.3 Å². The number of hydrogen-bond donors (Lipinski definition) is 1. The summed E-state index contributed by atoms with van der Waals surface area (Å²) in [6.45, 7) is 6.51. The van der Waals surface area contributed by atoms with Crippen LogP contribution >= 0.6 is 11.6 Å². The van der Waals surface area contributed by atoms with E-state index in [9.17, 15) is 9.18 Å². The summed E-state index contributed by atoms with van der Waals surface area (Å²) < 4.78 is 18.9. The van der Waals surface area contributed by atoms with Gasteiger partial charge in [0.1, 0.15) is 11.9 Å². The minimum Gasteiger partial charge on any atom is -0.465 e. The lowest BCUT2D eigenvalue weighted by Crippen LogP contribution is -2.33. The van der Waals surface area contributed by atoms with Gasteiger partial charge in [0, 0.05) is 10.6 Å². The van der Waals surface area contributed by atoms with Gasteiger partial charge in [-0.05, 0) is 31.5 Å². The fourth-order valence-corrected chi connectivity index (χ4v) is 1.94. The Labute approximate surface area is 118 Å². The van der Waals surface area contributed by atoms with Gasteiger partial charge in [-0.25, -0.2) is 9.18 Å². The van der Waals surface area contributed by atoms with Gasteiger partial charge in [0.05, 0.1) is 6.61 Å². The molecule has 1 N–H and O–H groups in total. The van der Waals surface area contributed by atoms with Gasteiger partial charge in [-0.15, -0.1) is 0 Å². The minimum atomic E-state index is -0.879. The molecule has 1 unspecified atom stereocenters. The van der Waals surface area contributed by atoms with Crippen LogP contribution in [0.15, 0.2) is 18.2 Å². The molecule has 1 aromatic carbocycles. The normalized spacial score (nSPS) is 12.5. The molecule has 0 saturated heterocycles. The van der Waals surface area contributed by atoms with Crippen LogP contribution < -0.4 is 5.32 Å². The number of benzene rings is 1. The summed E-state index contributed by atoms with van der Waals surface area (Å²) in [7, 11) is 0. The van der Waals surface area contributed by atoms with Gasteiger partial charge in [-0.1, -0.05) is 31.5 Å². The van der Waals surface area contributed by atoms with Gasteiger partial charge in [0.25, 0.3) is 0 Å². The van der Waals surface area contributed by atoms with Crippen molar-refractivity contribution < 1.29 is 13.9 Å². The van der Waals surface area contributed by atoms with Crippen LogP contribution in [0.4, 0.5) is 4.39 Å². The van der Waals surface area contributed by atoms with Crippen LogP contribution in [0.3, 0.4) is 0 Å². The molecule has 5 heteroatoms. The van der Waals surface area contributed by atoms with E-state index < -0.39 is 17.8 Å². The summed E-state index contributed by atoms with van der Waals surface area (Å²) >= 11 is 6.00. The molecule has 1 rings (SSSR count). The molecule has 106 valence electrons. The fraction of sp³-hybridized carbons (Fsp3) is 0.500. The van der Waals surface area contributed by atoms with Crippen LogP contribution in [-0.2, 0) is 9.53 Å². The third-order valence-electron chi connectivity index (χ3n) is 2.54. The zero-order valence-corrected chi connectivity index (χ0v) is 12.1. The summed E-state index contributed by atoms with van der Waals surface area (Å²) in [5, 5.41) is 3.22. The standard InChI is InChI=1S/C14H19ClFNO2/c1-4-19-14(18)13(17-8-9(2)3)12-10(15)6-5-7-11(12)16/h5-7,9,13,17H,4,8H2,1-3H3. The summed E-state index contributed by atoms with van der Waals surface area (Å²) in [5.74, 6) is -0.709. The molecule has 0 aliphatic rings. The van der Waals surface area contributed by atoms with Crippen molar-refractivity contribution in [3.05, 3.63) is 34.6 Å². The zero-order chi connectivity index (χ0) is 14.4. The Morgan fingerprint density at radius 1 is 1.47 bits per heavy atom. The molecule has 0 radical (unpaired) electrons. The molecular weight excluding hydrogens is 269 g/mol. The average molecular weight is 288 g/mol. The van der Waals surface area contributed by atoms with Crippen LogP contribution in [0.5, 0.6) is 0 Å². The molecule has 0 amide bonds. The van der Waals surface area contributed by atoms with Gasteiger partial charge in [-0.3, -0.25) is 0 Å². The molecule has 0 spiro atoms. The fourth-order valence-electron chi connectivity index (χ4n) is 1.67. The average Bonchev–Trinajstić information content (AvgIpc) is 2.32. The van der Waals surface area contributed by atoms with Crippen molar-refractivity contribution in [2.75, 3.05) is 13.2 Å². The van der Waals surface area contributed by atoms with Crippen LogP contribution in [0.2, 0.25) is 5.02 Å². The highest BCUT2D eigenvalue weighted by atomic mass is 35.5. The molecule has 0 aliphatic heterocycles. The highest BCUT2D eigenvalue weighted by Gasteiger charge is 2.27.